The van der Waals surface area contributed by atoms with Crippen LogP contribution in [0.3, 0.4) is 0 Å². The topological polar surface area (TPSA) is 55.1 Å². The molecule has 0 aromatic heterocycles. The molecule has 0 spiro atoms. The van der Waals surface area contributed by atoms with Crippen LogP contribution < -0.4 is 11.1 Å². The molecule has 0 bridgehead atoms. The Bertz CT molecular complexity index is 409. The molecule has 17 heavy (non-hydrogen) atoms. The fraction of sp³-hybridized carbons (Fsp3) is 0.417. The first-order chi connectivity index (χ1) is 7.95. The lowest BCUT2D eigenvalue weighted by Crippen LogP contribution is -2.43. The fourth-order valence-electron chi connectivity index (χ4n) is 1.42. The Morgan fingerprint density at radius 2 is 2.18 bits per heavy atom. The van der Waals surface area contributed by atoms with Crippen molar-refractivity contribution in [2.75, 3.05) is 6.54 Å². The van der Waals surface area contributed by atoms with Crippen LogP contribution in [0.1, 0.15) is 24.2 Å². The molecule has 0 saturated carbocycles. The zero-order valence-electron chi connectivity index (χ0n) is 9.84. The summed E-state index contributed by atoms with van der Waals surface area (Å²) in [5.74, 6) is -0.766. The molecule has 0 saturated heterocycles. The fourth-order valence-corrected chi connectivity index (χ4v) is 1.75. The summed E-state index contributed by atoms with van der Waals surface area (Å²) in [6, 6.07) is 4.19. The van der Waals surface area contributed by atoms with E-state index in [1.165, 1.54) is 12.1 Å². The van der Waals surface area contributed by atoms with Crippen LogP contribution >= 0.6 is 15.9 Å². The zero-order valence-corrected chi connectivity index (χ0v) is 11.4. The summed E-state index contributed by atoms with van der Waals surface area (Å²) in [5.41, 5.74) is 5.58. The number of benzene rings is 1. The van der Waals surface area contributed by atoms with Gasteiger partial charge in [-0.25, -0.2) is 4.39 Å². The molecular weight excluding hydrogens is 287 g/mol. The highest BCUT2D eigenvalue weighted by molar-refractivity contribution is 9.10. The predicted octanol–water partition coefficient (Wildman–Crippen LogP) is 2.30. The minimum absolute atomic E-state index is 0.0345. The lowest BCUT2D eigenvalue weighted by atomic mass is 10.0. The molecule has 1 amide bonds. The summed E-state index contributed by atoms with van der Waals surface area (Å²) in [4.78, 5) is 11.8. The van der Waals surface area contributed by atoms with E-state index in [-0.39, 0.29) is 17.5 Å². The summed E-state index contributed by atoms with van der Waals surface area (Å²) in [5, 5.41) is 2.72. The van der Waals surface area contributed by atoms with Crippen LogP contribution in [0.2, 0.25) is 0 Å². The summed E-state index contributed by atoms with van der Waals surface area (Å²) < 4.78 is 14.1. The van der Waals surface area contributed by atoms with Crippen molar-refractivity contribution >= 4 is 21.8 Å². The summed E-state index contributed by atoms with van der Waals surface area (Å²) in [6.07, 6.45) is 0. The highest BCUT2D eigenvalue weighted by atomic mass is 79.9. The van der Waals surface area contributed by atoms with Gasteiger partial charge in [-0.05, 0) is 24.1 Å². The molecule has 0 heterocycles. The number of carbonyl (C=O) groups is 1. The van der Waals surface area contributed by atoms with Gasteiger partial charge in [-0.15, -0.1) is 0 Å². The molecule has 3 nitrogen and oxygen atoms in total. The maximum atomic E-state index is 13.5. The standard InChI is InChI=1S/C12H16BrFN2O/c1-7(2)11(6-15)16-12(17)9-4-3-8(13)5-10(9)14/h3-5,7,11H,6,15H2,1-2H3,(H,16,17). The third-order valence-electron chi connectivity index (χ3n) is 2.55. The highest BCUT2D eigenvalue weighted by Crippen LogP contribution is 2.15. The van der Waals surface area contributed by atoms with Crippen molar-refractivity contribution in [1.82, 2.24) is 5.32 Å². The molecular formula is C12H16BrFN2O. The number of hydrogen-bond donors (Lipinski definition) is 2. The number of nitrogens with two attached hydrogens (primary N) is 1. The van der Waals surface area contributed by atoms with Gasteiger partial charge in [0, 0.05) is 17.1 Å². The third-order valence-corrected chi connectivity index (χ3v) is 3.04. The Balaban J connectivity index is 2.82. The van der Waals surface area contributed by atoms with Crippen molar-refractivity contribution in [2.24, 2.45) is 11.7 Å². The van der Waals surface area contributed by atoms with E-state index in [9.17, 15) is 9.18 Å². The molecule has 1 atom stereocenters. The SMILES string of the molecule is CC(C)C(CN)NC(=O)c1ccc(Br)cc1F. The molecule has 94 valence electrons. The smallest absolute Gasteiger partial charge is 0.254 e. The Morgan fingerprint density at radius 3 is 2.65 bits per heavy atom. The van der Waals surface area contributed by atoms with Crippen molar-refractivity contribution in [1.29, 1.82) is 0 Å². The molecule has 0 radical (unpaired) electrons. The Hall–Kier alpha value is -0.940. The number of halogens is 2. The van der Waals surface area contributed by atoms with Gasteiger partial charge in [0.05, 0.1) is 5.56 Å². The Kier molecular flexibility index (Phi) is 5.08. The average molecular weight is 303 g/mol. The van der Waals surface area contributed by atoms with Gasteiger partial charge in [0.25, 0.3) is 5.91 Å². The minimum atomic E-state index is -0.545. The summed E-state index contributed by atoms with van der Waals surface area (Å²) in [6.45, 7) is 4.24. The maximum absolute atomic E-state index is 13.5. The third kappa shape index (κ3) is 3.78. The second-order valence-electron chi connectivity index (χ2n) is 4.18. The van der Waals surface area contributed by atoms with Gasteiger partial charge >= 0.3 is 0 Å². The van der Waals surface area contributed by atoms with Crippen LogP contribution in [-0.4, -0.2) is 18.5 Å². The molecule has 3 N–H and O–H groups in total. The Morgan fingerprint density at radius 1 is 1.53 bits per heavy atom. The van der Waals surface area contributed by atoms with Crippen molar-refractivity contribution in [3.05, 3.63) is 34.1 Å². The number of carbonyl (C=O) groups excluding carboxylic acids is 1. The van der Waals surface area contributed by atoms with Gasteiger partial charge in [0.1, 0.15) is 5.82 Å². The monoisotopic (exact) mass is 302 g/mol. The quantitative estimate of drug-likeness (QED) is 0.897. The number of rotatable bonds is 4. The summed E-state index contributed by atoms with van der Waals surface area (Å²) >= 11 is 3.14. The van der Waals surface area contributed by atoms with E-state index in [2.05, 4.69) is 21.2 Å². The first kappa shape index (κ1) is 14.1. The lowest BCUT2D eigenvalue weighted by Gasteiger charge is -2.20. The molecule has 0 aliphatic carbocycles. The van der Waals surface area contributed by atoms with Crippen LogP contribution in [0.25, 0.3) is 0 Å². The van der Waals surface area contributed by atoms with Crippen molar-refractivity contribution in [3.63, 3.8) is 0 Å². The predicted molar refractivity (Wildman–Crippen MR) is 69.2 cm³/mol. The lowest BCUT2D eigenvalue weighted by molar-refractivity contribution is 0.0923. The second-order valence-corrected chi connectivity index (χ2v) is 5.10. The van der Waals surface area contributed by atoms with Crippen LogP contribution in [0, 0.1) is 11.7 Å². The van der Waals surface area contributed by atoms with Crippen molar-refractivity contribution in [3.8, 4) is 0 Å². The second kappa shape index (κ2) is 6.12. The molecule has 0 aliphatic heterocycles. The van der Waals surface area contributed by atoms with E-state index in [0.29, 0.717) is 11.0 Å². The van der Waals surface area contributed by atoms with Crippen LogP contribution in [0.15, 0.2) is 22.7 Å². The van der Waals surface area contributed by atoms with Crippen molar-refractivity contribution in [2.45, 2.75) is 19.9 Å². The highest BCUT2D eigenvalue weighted by Gasteiger charge is 2.18. The van der Waals surface area contributed by atoms with Gasteiger partial charge < -0.3 is 11.1 Å². The van der Waals surface area contributed by atoms with Crippen LogP contribution in [0.4, 0.5) is 4.39 Å². The maximum Gasteiger partial charge on any atom is 0.254 e. The van der Waals surface area contributed by atoms with Crippen LogP contribution in [0.5, 0.6) is 0 Å². The number of nitrogens with one attached hydrogen (secondary N) is 1. The normalized spacial score (nSPS) is 12.6. The van der Waals surface area contributed by atoms with Gasteiger partial charge in [-0.3, -0.25) is 4.79 Å². The van der Waals surface area contributed by atoms with E-state index in [0.717, 1.165) is 0 Å². The average Bonchev–Trinajstić information content (AvgIpc) is 2.24. The van der Waals surface area contributed by atoms with Gasteiger partial charge in [0.15, 0.2) is 0 Å². The largest absolute Gasteiger partial charge is 0.348 e. The molecule has 0 fully saturated rings. The van der Waals surface area contributed by atoms with E-state index < -0.39 is 11.7 Å². The van der Waals surface area contributed by atoms with E-state index in [4.69, 9.17) is 5.73 Å². The molecule has 1 unspecified atom stereocenters. The van der Waals surface area contributed by atoms with Crippen molar-refractivity contribution < 1.29 is 9.18 Å². The molecule has 0 aliphatic rings. The number of amides is 1. The molecule has 1 aromatic rings. The minimum Gasteiger partial charge on any atom is -0.348 e. The number of hydrogen-bond acceptors (Lipinski definition) is 2. The van der Waals surface area contributed by atoms with Gasteiger partial charge in [0.2, 0.25) is 0 Å². The molecule has 1 aromatic carbocycles. The van der Waals surface area contributed by atoms with E-state index in [1.807, 2.05) is 13.8 Å². The first-order valence-corrected chi connectivity index (χ1v) is 6.21. The van der Waals surface area contributed by atoms with Gasteiger partial charge in [-0.1, -0.05) is 29.8 Å². The molecule has 5 heteroatoms. The Labute approximate surface area is 109 Å². The first-order valence-electron chi connectivity index (χ1n) is 5.41. The van der Waals surface area contributed by atoms with Crippen LogP contribution in [-0.2, 0) is 0 Å². The summed E-state index contributed by atoms with van der Waals surface area (Å²) in [7, 11) is 0. The van der Waals surface area contributed by atoms with E-state index >= 15 is 0 Å². The van der Waals surface area contributed by atoms with Gasteiger partial charge in [-0.2, -0.15) is 0 Å². The zero-order chi connectivity index (χ0) is 13.0. The molecule has 1 rings (SSSR count). The van der Waals surface area contributed by atoms with E-state index in [1.54, 1.807) is 6.07 Å².